The molecule has 128 valence electrons. The zero-order valence-corrected chi connectivity index (χ0v) is 14.9. The Balaban J connectivity index is 2.04. The maximum Gasteiger partial charge on any atom is 0.496 e. The molecule has 1 fully saturated rings. The monoisotopic (exact) mass is 331 g/mol. The van der Waals surface area contributed by atoms with Gasteiger partial charge in [0.05, 0.1) is 16.8 Å². The summed E-state index contributed by atoms with van der Waals surface area (Å²) in [6.07, 6.45) is 2.39. The molecule has 0 aromatic carbocycles. The van der Waals surface area contributed by atoms with E-state index in [4.69, 9.17) is 13.7 Å². The number of rotatable bonds is 3. The average Bonchev–Trinajstić information content (AvgIpc) is 2.95. The minimum Gasteiger partial charge on any atom is -0.399 e. The summed E-state index contributed by atoms with van der Waals surface area (Å²) < 4.78 is 18.6. The van der Waals surface area contributed by atoms with Gasteiger partial charge in [-0.2, -0.15) is 4.68 Å². The highest BCUT2D eigenvalue weighted by atomic mass is 16.7. The van der Waals surface area contributed by atoms with E-state index in [9.17, 15) is 4.79 Å². The van der Waals surface area contributed by atoms with Gasteiger partial charge in [-0.05, 0) is 40.2 Å². The zero-order valence-electron chi connectivity index (χ0n) is 14.9. The first-order valence-electron chi connectivity index (χ1n) is 8.03. The minimum absolute atomic E-state index is 0.232. The fourth-order valence-electron chi connectivity index (χ4n) is 2.56. The minimum atomic E-state index is -0.521. The van der Waals surface area contributed by atoms with E-state index in [0.717, 1.165) is 22.3 Å². The molecule has 0 radical (unpaired) electrons. The summed E-state index contributed by atoms with van der Waals surface area (Å²) in [6.45, 7) is 10.1. The smallest absolute Gasteiger partial charge is 0.399 e. The molecule has 1 aliphatic heterocycles. The molecule has 8 heteroatoms. The van der Waals surface area contributed by atoms with Crippen LogP contribution in [0.4, 0.5) is 0 Å². The van der Waals surface area contributed by atoms with Crippen LogP contribution in [0.25, 0.3) is 11.5 Å². The molecule has 0 unspecified atom stereocenters. The molecule has 3 heterocycles. The van der Waals surface area contributed by atoms with Gasteiger partial charge in [0.1, 0.15) is 0 Å². The second-order valence-corrected chi connectivity index (χ2v) is 7.00. The summed E-state index contributed by atoms with van der Waals surface area (Å²) in [7, 11) is 1.02. The van der Waals surface area contributed by atoms with Gasteiger partial charge in [-0.25, -0.2) is 4.79 Å². The van der Waals surface area contributed by atoms with Crippen molar-refractivity contribution in [3.63, 3.8) is 0 Å². The summed E-state index contributed by atoms with van der Waals surface area (Å²) in [5, 5.41) is 4.08. The van der Waals surface area contributed by atoms with Crippen LogP contribution in [0.3, 0.4) is 0 Å². The molecule has 0 atom stereocenters. The van der Waals surface area contributed by atoms with Gasteiger partial charge >= 0.3 is 12.9 Å². The summed E-state index contributed by atoms with van der Waals surface area (Å²) in [4.78, 5) is 16.0. The van der Waals surface area contributed by atoms with Crippen LogP contribution >= 0.6 is 0 Å². The van der Waals surface area contributed by atoms with E-state index in [0.29, 0.717) is 5.56 Å². The Kier molecular flexibility index (Phi) is 3.92. The Morgan fingerprint density at radius 3 is 2.33 bits per heavy atom. The standard InChI is InChI=1S/C16H22BN3O4/c1-7-12-11(17-23-15(2,3)16(4,5)24-17)8-10(9-18-12)13-19-20(6)14(21)22-13/h8-9H,7H2,1-6H3. The van der Waals surface area contributed by atoms with Gasteiger partial charge in [0.2, 0.25) is 0 Å². The molecule has 0 aliphatic carbocycles. The van der Waals surface area contributed by atoms with Gasteiger partial charge in [0, 0.05) is 24.4 Å². The number of hydrogen-bond acceptors (Lipinski definition) is 6. The second-order valence-electron chi connectivity index (χ2n) is 7.00. The summed E-state index contributed by atoms with van der Waals surface area (Å²) in [5.41, 5.74) is 1.47. The molecule has 24 heavy (non-hydrogen) atoms. The van der Waals surface area contributed by atoms with Crippen molar-refractivity contribution < 1.29 is 13.7 Å². The first-order chi connectivity index (χ1) is 11.1. The third-order valence-electron chi connectivity index (χ3n) is 4.78. The van der Waals surface area contributed by atoms with Crippen molar-refractivity contribution in [3.05, 3.63) is 28.5 Å². The second kappa shape index (κ2) is 5.56. The number of nitrogens with zero attached hydrogens (tertiary/aromatic N) is 3. The quantitative estimate of drug-likeness (QED) is 0.789. The van der Waals surface area contributed by atoms with E-state index in [2.05, 4.69) is 10.1 Å². The maximum absolute atomic E-state index is 11.5. The van der Waals surface area contributed by atoms with Crippen LogP contribution in [0.1, 0.15) is 40.3 Å². The third-order valence-corrected chi connectivity index (χ3v) is 4.78. The van der Waals surface area contributed by atoms with Crippen LogP contribution in [-0.2, 0) is 22.8 Å². The lowest BCUT2D eigenvalue weighted by Crippen LogP contribution is -2.41. The van der Waals surface area contributed by atoms with Crippen molar-refractivity contribution in [2.75, 3.05) is 0 Å². The Bertz CT molecular complexity index is 809. The van der Waals surface area contributed by atoms with E-state index in [1.165, 1.54) is 7.05 Å². The van der Waals surface area contributed by atoms with Crippen LogP contribution in [0.15, 0.2) is 21.5 Å². The SMILES string of the molecule is CCc1ncc(-c2nn(C)c(=O)o2)cc1B1OC(C)(C)C(C)(C)O1. The fourth-order valence-corrected chi connectivity index (χ4v) is 2.56. The highest BCUT2D eigenvalue weighted by Gasteiger charge is 2.52. The fraction of sp³-hybridized carbons (Fsp3) is 0.562. The topological polar surface area (TPSA) is 79.4 Å². The third kappa shape index (κ3) is 2.69. The van der Waals surface area contributed by atoms with Crippen LogP contribution < -0.4 is 11.2 Å². The molecule has 0 N–H and O–H groups in total. The van der Waals surface area contributed by atoms with E-state index in [1.807, 2.05) is 40.7 Å². The molecule has 2 aromatic rings. The predicted octanol–water partition coefficient (Wildman–Crippen LogP) is 1.30. The van der Waals surface area contributed by atoms with Crippen molar-refractivity contribution in [1.82, 2.24) is 14.8 Å². The van der Waals surface area contributed by atoms with Crippen LogP contribution in [-0.4, -0.2) is 33.1 Å². The Hall–Kier alpha value is -1.93. The number of pyridine rings is 1. The van der Waals surface area contributed by atoms with Crippen molar-refractivity contribution >= 4 is 12.6 Å². The van der Waals surface area contributed by atoms with Crippen LogP contribution in [0.2, 0.25) is 0 Å². The number of hydrogen-bond donors (Lipinski definition) is 0. The Labute approximate surface area is 141 Å². The lowest BCUT2D eigenvalue weighted by Gasteiger charge is -2.32. The molecule has 1 aliphatic rings. The van der Waals surface area contributed by atoms with Gasteiger partial charge in [-0.3, -0.25) is 4.98 Å². The number of aromatic nitrogens is 3. The molecule has 0 spiro atoms. The van der Waals surface area contributed by atoms with E-state index < -0.39 is 24.1 Å². The van der Waals surface area contributed by atoms with Gasteiger partial charge in [0.15, 0.2) is 0 Å². The molecule has 3 rings (SSSR count). The molecule has 0 saturated carbocycles. The summed E-state index contributed by atoms with van der Waals surface area (Å²) in [6, 6.07) is 1.87. The van der Waals surface area contributed by atoms with Crippen LogP contribution in [0, 0.1) is 0 Å². The lowest BCUT2D eigenvalue weighted by atomic mass is 9.76. The average molecular weight is 331 g/mol. The molecular weight excluding hydrogens is 309 g/mol. The van der Waals surface area contributed by atoms with Gasteiger partial charge in [0.25, 0.3) is 5.89 Å². The molecule has 0 bridgehead atoms. The molecule has 2 aromatic heterocycles. The van der Waals surface area contributed by atoms with Gasteiger partial charge < -0.3 is 13.7 Å². The first-order valence-corrected chi connectivity index (χ1v) is 8.03. The molecular formula is C16H22BN3O4. The van der Waals surface area contributed by atoms with Crippen molar-refractivity contribution in [3.8, 4) is 11.5 Å². The summed E-state index contributed by atoms with van der Waals surface area (Å²) >= 11 is 0. The van der Waals surface area contributed by atoms with E-state index in [1.54, 1.807) is 6.20 Å². The highest BCUT2D eigenvalue weighted by molar-refractivity contribution is 6.62. The number of aryl methyl sites for hydroxylation is 2. The first kappa shape index (κ1) is 16.9. The van der Waals surface area contributed by atoms with Crippen LogP contribution in [0.5, 0.6) is 0 Å². The maximum atomic E-state index is 11.5. The lowest BCUT2D eigenvalue weighted by molar-refractivity contribution is 0.00578. The van der Waals surface area contributed by atoms with E-state index in [-0.39, 0.29) is 5.89 Å². The Morgan fingerprint density at radius 1 is 1.21 bits per heavy atom. The van der Waals surface area contributed by atoms with E-state index >= 15 is 0 Å². The zero-order chi connectivity index (χ0) is 17.7. The molecule has 7 nitrogen and oxygen atoms in total. The summed E-state index contributed by atoms with van der Waals surface area (Å²) in [5.74, 6) is -0.280. The molecule has 1 saturated heterocycles. The highest BCUT2D eigenvalue weighted by Crippen LogP contribution is 2.36. The van der Waals surface area contributed by atoms with Crippen molar-refractivity contribution in [2.45, 2.75) is 52.2 Å². The van der Waals surface area contributed by atoms with Crippen molar-refractivity contribution in [1.29, 1.82) is 0 Å². The normalized spacial score (nSPS) is 19.0. The van der Waals surface area contributed by atoms with Gasteiger partial charge in [-0.1, -0.05) is 6.92 Å². The molecule has 0 amide bonds. The Morgan fingerprint density at radius 2 is 1.83 bits per heavy atom. The van der Waals surface area contributed by atoms with Crippen molar-refractivity contribution in [2.24, 2.45) is 7.05 Å². The largest absolute Gasteiger partial charge is 0.496 e. The predicted molar refractivity (Wildman–Crippen MR) is 90.1 cm³/mol. The van der Waals surface area contributed by atoms with Gasteiger partial charge in [-0.15, -0.1) is 5.10 Å².